The lowest BCUT2D eigenvalue weighted by atomic mass is 10.1. The molecule has 0 aliphatic heterocycles. The molecule has 1 amide bonds. The first-order valence-corrected chi connectivity index (χ1v) is 10.5. The Morgan fingerprint density at radius 2 is 1.81 bits per heavy atom. The molecule has 2 aromatic carbocycles. The molecule has 0 saturated heterocycles. The fourth-order valence-corrected chi connectivity index (χ4v) is 3.83. The van der Waals surface area contributed by atoms with Crippen molar-refractivity contribution in [1.29, 1.82) is 5.26 Å². The van der Waals surface area contributed by atoms with E-state index in [0.29, 0.717) is 39.2 Å². The second kappa shape index (κ2) is 9.28. The van der Waals surface area contributed by atoms with E-state index in [1.807, 2.05) is 48.5 Å². The standard InChI is InChI=1S/C24H18N4O2S/c1-16-21(22(29)27-19-10-6-3-7-11-19)12-18(13-25)24(26-16)31-15-20-14-30-23(28-20)17-8-4-2-5-9-17/h2-12,14H,15H2,1H3,(H,27,29). The summed E-state index contributed by atoms with van der Waals surface area (Å²) in [5.41, 5.74) is 3.61. The number of oxazole rings is 1. The number of rotatable bonds is 6. The number of para-hydroxylation sites is 1. The van der Waals surface area contributed by atoms with E-state index in [-0.39, 0.29) is 5.91 Å². The number of carbonyl (C=O) groups excluding carboxylic acids is 1. The minimum Gasteiger partial charge on any atom is -0.444 e. The molecule has 7 heteroatoms. The Hall–Kier alpha value is -3.89. The number of aromatic nitrogens is 2. The number of anilines is 1. The molecule has 6 nitrogen and oxygen atoms in total. The van der Waals surface area contributed by atoms with Gasteiger partial charge in [0.25, 0.3) is 5.91 Å². The first kappa shape index (κ1) is 20.4. The smallest absolute Gasteiger partial charge is 0.257 e. The van der Waals surface area contributed by atoms with Crippen molar-refractivity contribution >= 4 is 23.4 Å². The van der Waals surface area contributed by atoms with Crippen LogP contribution in [-0.2, 0) is 5.75 Å². The molecule has 152 valence electrons. The molecule has 1 N–H and O–H groups in total. The average Bonchev–Trinajstić information content (AvgIpc) is 3.28. The molecule has 0 atom stereocenters. The number of amides is 1. The molecule has 2 heterocycles. The van der Waals surface area contributed by atoms with E-state index in [9.17, 15) is 10.1 Å². The summed E-state index contributed by atoms with van der Waals surface area (Å²) in [5, 5.41) is 13.0. The molecule has 2 aromatic heterocycles. The summed E-state index contributed by atoms with van der Waals surface area (Å²) in [6, 6.07) is 22.5. The van der Waals surface area contributed by atoms with Gasteiger partial charge in [-0.05, 0) is 37.3 Å². The number of benzene rings is 2. The molecule has 0 spiro atoms. The second-order valence-corrected chi connectivity index (χ2v) is 7.67. The van der Waals surface area contributed by atoms with Gasteiger partial charge in [0, 0.05) is 17.0 Å². The number of hydrogen-bond acceptors (Lipinski definition) is 6. The number of nitrogens with zero attached hydrogens (tertiary/aromatic N) is 3. The highest BCUT2D eigenvalue weighted by molar-refractivity contribution is 7.98. The number of aryl methyl sites for hydroxylation is 1. The predicted molar refractivity (Wildman–Crippen MR) is 120 cm³/mol. The van der Waals surface area contributed by atoms with Crippen LogP contribution in [0.25, 0.3) is 11.5 Å². The molecular formula is C24H18N4O2S. The van der Waals surface area contributed by atoms with E-state index in [4.69, 9.17) is 4.42 Å². The van der Waals surface area contributed by atoms with Gasteiger partial charge in [0.2, 0.25) is 5.89 Å². The summed E-state index contributed by atoms with van der Waals surface area (Å²) in [5.74, 6) is 0.745. The van der Waals surface area contributed by atoms with Crippen LogP contribution in [0.3, 0.4) is 0 Å². The third-order valence-electron chi connectivity index (χ3n) is 4.50. The molecule has 0 radical (unpaired) electrons. The van der Waals surface area contributed by atoms with Crippen LogP contribution in [0.2, 0.25) is 0 Å². The minimum absolute atomic E-state index is 0.298. The molecule has 31 heavy (non-hydrogen) atoms. The van der Waals surface area contributed by atoms with Crippen molar-refractivity contribution in [2.45, 2.75) is 17.7 Å². The number of pyridine rings is 1. The highest BCUT2D eigenvalue weighted by Crippen LogP contribution is 2.27. The highest BCUT2D eigenvalue weighted by Gasteiger charge is 2.16. The van der Waals surface area contributed by atoms with Crippen molar-refractivity contribution in [2.24, 2.45) is 0 Å². The average molecular weight is 427 g/mol. The molecule has 4 aromatic rings. The van der Waals surface area contributed by atoms with Crippen LogP contribution in [0, 0.1) is 18.3 Å². The van der Waals surface area contributed by atoms with Crippen molar-refractivity contribution in [1.82, 2.24) is 9.97 Å². The van der Waals surface area contributed by atoms with Gasteiger partial charge in [-0.25, -0.2) is 9.97 Å². The zero-order valence-electron chi connectivity index (χ0n) is 16.7. The summed E-state index contributed by atoms with van der Waals surface area (Å²) in [6.07, 6.45) is 1.61. The van der Waals surface area contributed by atoms with Gasteiger partial charge in [-0.15, -0.1) is 0 Å². The maximum atomic E-state index is 12.6. The third kappa shape index (κ3) is 4.82. The number of thioether (sulfide) groups is 1. The third-order valence-corrected chi connectivity index (χ3v) is 5.53. The van der Waals surface area contributed by atoms with Gasteiger partial charge in [0.15, 0.2) is 0 Å². The van der Waals surface area contributed by atoms with Gasteiger partial charge in [-0.1, -0.05) is 48.2 Å². The normalized spacial score (nSPS) is 10.5. The Morgan fingerprint density at radius 3 is 2.52 bits per heavy atom. The van der Waals surface area contributed by atoms with Crippen LogP contribution >= 0.6 is 11.8 Å². The minimum atomic E-state index is -0.298. The van der Waals surface area contributed by atoms with E-state index in [1.54, 1.807) is 31.4 Å². The van der Waals surface area contributed by atoms with Gasteiger partial charge >= 0.3 is 0 Å². The van der Waals surface area contributed by atoms with Crippen LogP contribution in [0.5, 0.6) is 0 Å². The van der Waals surface area contributed by atoms with Crippen molar-refractivity contribution in [3.05, 3.63) is 95.5 Å². The molecule has 0 unspecified atom stereocenters. The molecule has 0 aliphatic carbocycles. The monoisotopic (exact) mass is 426 g/mol. The maximum absolute atomic E-state index is 12.6. The number of hydrogen-bond donors (Lipinski definition) is 1. The van der Waals surface area contributed by atoms with E-state index in [0.717, 1.165) is 11.3 Å². The molecule has 0 bridgehead atoms. The lowest BCUT2D eigenvalue weighted by Crippen LogP contribution is -2.15. The second-order valence-electron chi connectivity index (χ2n) is 6.70. The summed E-state index contributed by atoms with van der Waals surface area (Å²) in [6.45, 7) is 1.76. The lowest BCUT2D eigenvalue weighted by molar-refractivity contribution is 0.102. The van der Waals surface area contributed by atoms with Crippen LogP contribution in [0.4, 0.5) is 5.69 Å². The Morgan fingerprint density at radius 1 is 1.10 bits per heavy atom. The Balaban J connectivity index is 1.49. The Labute approximate surface area is 184 Å². The SMILES string of the molecule is Cc1nc(SCc2coc(-c3ccccc3)n2)c(C#N)cc1C(=O)Nc1ccccc1. The zero-order valence-corrected chi connectivity index (χ0v) is 17.5. The summed E-state index contributed by atoms with van der Waals surface area (Å²) >= 11 is 1.38. The van der Waals surface area contributed by atoms with Crippen molar-refractivity contribution in [2.75, 3.05) is 5.32 Å². The van der Waals surface area contributed by atoms with E-state index < -0.39 is 0 Å². The van der Waals surface area contributed by atoms with Crippen molar-refractivity contribution in [3.63, 3.8) is 0 Å². The van der Waals surface area contributed by atoms with E-state index in [1.165, 1.54) is 11.8 Å². The van der Waals surface area contributed by atoms with Gasteiger partial charge < -0.3 is 9.73 Å². The van der Waals surface area contributed by atoms with Gasteiger partial charge in [0.1, 0.15) is 17.4 Å². The largest absolute Gasteiger partial charge is 0.444 e. The molecule has 0 aliphatic rings. The topological polar surface area (TPSA) is 91.8 Å². The molecule has 0 fully saturated rings. The summed E-state index contributed by atoms with van der Waals surface area (Å²) < 4.78 is 5.56. The van der Waals surface area contributed by atoms with Crippen LogP contribution in [0.15, 0.2) is 82.4 Å². The Kier molecular flexibility index (Phi) is 6.11. The lowest BCUT2D eigenvalue weighted by Gasteiger charge is -2.10. The maximum Gasteiger partial charge on any atom is 0.257 e. The fourth-order valence-electron chi connectivity index (χ4n) is 2.95. The quantitative estimate of drug-likeness (QED) is 0.412. The van der Waals surface area contributed by atoms with E-state index >= 15 is 0 Å². The van der Waals surface area contributed by atoms with Crippen molar-refractivity contribution in [3.8, 4) is 17.5 Å². The van der Waals surface area contributed by atoms with Gasteiger partial charge in [0.05, 0.1) is 22.5 Å². The number of nitrogens with one attached hydrogen (secondary N) is 1. The van der Waals surface area contributed by atoms with Crippen LogP contribution in [0.1, 0.15) is 27.3 Å². The number of nitriles is 1. The number of carbonyl (C=O) groups is 1. The predicted octanol–water partition coefficient (Wildman–Crippen LogP) is 5.46. The summed E-state index contributed by atoms with van der Waals surface area (Å²) in [4.78, 5) is 21.7. The first-order valence-electron chi connectivity index (χ1n) is 9.55. The van der Waals surface area contributed by atoms with E-state index in [2.05, 4.69) is 21.4 Å². The zero-order chi connectivity index (χ0) is 21.6. The van der Waals surface area contributed by atoms with Crippen LogP contribution in [-0.4, -0.2) is 15.9 Å². The highest BCUT2D eigenvalue weighted by atomic mass is 32.2. The molecule has 4 rings (SSSR count). The Bertz CT molecular complexity index is 1250. The van der Waals surface area contributed by atoms with Gasteiger partial charge in [-0.2, -0.15) is 5.26 Å². The molecule has 0 saturated carbocycles. The van der Waals surface area contributed by atoms with Crippen LogP contribution < -0.4 is 5.32 Å². The summed E-state index contributed by atoms with van der Waals surface area (Å²) in [7, 11) is 0. The first-order chi connectivity index (χ1) is 15.1. The fraction of sp³-hybridized carbons (Fsp3) is 0.0833. The van der Waals surface area contributed by atoms with Crippen molar-refractivity contribution < 1.29 is 9.21 Å². The van der Waals surface area contributed by atoms with Gasteiger partial charge in [-0.3, -0.25) is 4.79 Å². The molecular weight excluding hydrogens is 408 g/mol.